The highest BCUT2D eigenvalue weighted by Crippen LogP contribution is 2.05. The van der Waals surface area contributed by atoms with Crippen molar-refractivity contribution in [1.29, 1.82) is 0 Å². The number of allylic oxidation sites excluding steroid dienone is 1. The van der Waals surface area contributed by atoms with Crippen LogP contribution in [0, 0.1) is 0 Å². The summed E-state index contributed by atoms with van der Waals surface area (Å²) < 4.78 is 5.10. The Morgan fingerprint density at radius 3 is 1.97 bits per heavy atom. The smallest absolute Gasteiger partial charge is 0.408 e. The highest BCUT2D eigenvalue weighted by atomic mass is 16.5. The third-order valence-electron chi connectivity index (χ3n) is 4.74. The normalized spacial score (nSPS) is 13.4. The summed E-state index contributed by atoms with van der Waals surface area (Å²) in [6.45, 7) is 3.11. The summed E-state index contributed by atoms with van der Waals surface area (Å²) >= 11 is 0. The highest BCUT2D eigenvalue weighted by molar-refractivity contribution is 5.91. The van der Waals surface area contributed by atoms with Crippen molar-refractivity contribution in [2.75, 3.05) is 0 Å². The van der Waals surface area contributed by atoms with E-state index >= 15 is 0 Å². The van der Waals surface area contributed by atoms with Crippen LogP contribution in [-0.4, -0.2) is 42.3 Å². The van der Waals surface area contributed by atoms with Crippen molar-refractivity contribution in [3.05, 3.63) is 83.9 Å². The fourth-order valence-corrected chi connectivity index (χ4v) is 2.93. The van der Waals surface area contributed by atoms with Crippen LogP contribution in [0.4, 0.5) is 4.79 Å². The molecule has 8 heteroatoms. The fraction of sp³-hybridized carbons (Fsp3) is 0.280. The van der Waals surface area contributed by atoms with E-state index in [4.69, 9.17) is 4.74 Å². The molecule has 2 aromatic carbocycles. The lowest BCUT2D eigenvalue weighted by Crippen LogP contribution is -2.53. The first-order valence-corrected chi connectivity index (χ1v) is 10.6. The van der Waals surface area contributed by atoms with Gasteiger partial charge in [-0.2, -0.15) is 0 Å². The molecule has 3 N–H and O–H groups in total. The van der Waals surface area contributed by atoms with Crippen molar-refractivity contribution >= 4 is 24.2 Å². The van der Waals surface area contributed by atoms with Gasteiger partial charge in [0.05, 0.1) is 6.04 Å². The van der Waals surface area contributed by atoms with Crippen molar-refractivity contribution in [3.8, 4) is 0 Å². The first-order chi connectivity index (χ1) is 15.9. The van der Waals surface area contributed by atoms with E-state index in [0.717, 1.165) is 11.1 Å². The molecule has 0 bridgehead atoms. The molecule has 2 aromatic rings. The van der Waals surface area contributed by atoms with E-state index in [0.29, 0.717) is 12.7 Å². The highest BCUT2D eigenvalue weighted by Gasteiger charge is 2.22. The minimum atomic E-state index is -0.904. The summed E-state index contributed by atoms with van der Waals surface area (Å²) in [5.74, 6) is -0.948. The van der Waals surface area contributed by atoms with Gasteiger partial charge in [0, 0.05) is 0 Å². The Kier molecular flexibility index (Phi) is 10.3. The van der Waals surface area contributed by atoms with E-state index in [1.165, 1.54) is 19.9 Å². The molecule has 3 amide bonds. The number of carbonyl (C=O) groups excluding carboxylic acids is 4. The topological polar surface area (TPSA) is 114 Å². The summed E-state index contributed by atoms with van der Waals surface area (Å²) in [4.78, 5) is 47.6. The SMILES string of the molecule is C[C@H](NC(=O)OCc1ccccc1)C(=O)N[C@@H](C)C(=O)N[C@H](C=CC=O)Cc1ccccc1. The van der Waals surface area contributed by atoms with Gasteiger partial charge in [0.25, 0.3) is 0 Å². The Hall–Kier alpha value is -3.94. The second kappa shape index (κ2) is 13.5. The maximum atomic E-state index is 12.6. The molecule has 0 aliphatic carbocycles. The number of carbonyl (C=O) groups is 4. The van der Waals surface area contributed by atoms with Gasteiger partial charge in [0.1, 0.15) is 25.0 Å². The number of amides is 3. The van der Waals surface area contributed by atoms with Crippen molar-refractivity contribution in [2.24, 2.45) is 0 Å². The van der Waals surface area contributed by atoms with Crippen molar-refractivity contribution in [3.63, 3.8) is 0 Å². The van der Waals surface area contributed by atoms with Crippen LogP contribution >= 0.6 is 0 Å². The minimum Gasteiger partial charge on any atom is -0.445 e. The predicted molar refractivity (Wildman–Crippen MR) is 124 cm³/mol. The van der Waals surface area contributed by atoms with Gasteiger partial charge in [-0.25, -0.2) is 4.79 Å². The molecule has 3 atom stereocenters. The van der Waals surface area contributed by atoms with Crippen LogP contribution in [0.1, 0.15) is 25.0 Å². The largest absolute Gasteiger partial charge is 0.445 e. The Labute approximate surface area is 193 Å². The van der Waals surface area contributed by atoms with E-state index in [-0.39, 0.29) is 6.61 Å². The van der Waals surface area contributed by atoms with Crippen LogP contribution in [0.2, 0.25) is 0 Å². The van der Waals surface area contributed by atoms with E-state index in [9.17, 15) is 19.2 Å². The number of ether oxygens (including phenoxy) is 1. The van der Waals surface area contributed by atoms with Crippen LogP contribution < -0.4 is 16.0 Å². The van der Waals surface area contributed by atoms with Crippen LogP contribution in [-0.2, 0) is 32.1 Å². The van der Waals surface area contributed by atoms with E-state index in [1.807, 2.05) is 60.7 Å². The Morgan fingerprint density at radius 1 is 0.818 bits per heavy atom. The summed E-state index contributed by atoms with van der Waals surface area (Å²) in [7, 11) is 0. The molecule has 33 heavy (non-hydrogen) atoms. The van der Waals surface area contributed by atoms with Gasteiger partial charge in [-0.1, -0.05) is 66.7 Å². The van der Waals surface area contributed by atoms with Gasteiger partial charge in [0.2, 0.25) is 11.8 Å². The summed E-state index contributed by atoms with van der Waals surface area (Å²) in [6.07, 6.45) is 3.31. The van der Waals surface area contributed by atoms with Crippen molar-refractivity contribution in [1.82, 2.24) is 16.0 Å². The van der Waals surface area contributed by atoms with Crippen molar-refractivity contribution < 1.29 is 23.9 Å². The Balaban J connectivity index is 1.82. The first-order valence-electron chi connectivity index (χ1n) is 10.6. The predicted octanol–water partition coefficient (Wildman–Crippen LogP) is 2.29. The number of nitrogens with one attached hydrogen (secondary N) is 3. The number of alkyl carbamates (subject to hydrolysis) is 1. The maximum Gasteiger partial charge on any atom is 0.408 e. The number of benzene rings is 2. The van der Waals surface area contributed by atoms with Crippen LogP contribution in [0.5, 0.6) is 0 Å². The lowest BCUT2D eigenvalue weighted by Gasteiger charge is -2.21. The molecule has 0 saturated heterocycles. The number of hydrogen-bond donors (Lipinski definition) is 3. The third-order valence-corrected chi connectivity index (χ3v) is 4.74. The Morgan fingerprint density at radius 2 is 1.36 bits per heavy atom. The van der Waals surface area contributed by atoms with Crippen LogP contribution in [0.15, 0.2) is 72.8 Å². The molecule has 0 aromatic heterocycles. The molecule has 0 saturated carbocycles. The number of aldehydes is 1. The zero-order chi connectivity index (χ0) is 24.1. The van der Waals surface area contributed by atoms with Gasteiger partial charge in [0.15, 0.2) is 0 Å². The average molecular weight is 452 g/mol. The maximum absolute atomic E-state index is 12.6. The monoisotopic (exact) mass is 451 g/mol. The van der Waals surface area contributed by atoms with Crippen LogP contribution in [0.25, 0.3) is 0 Å². The molecule has 0 spiro atoms. The van der Waals surface area contributed by atoms with E-state index < -0.39 is 36.0 Å². The molecule has 0 aliphatic rings. The molecular formula is C25H29N3O5. The number of rotatable bonds is 11. The molecule has 8 nitrogen and oxygen atoms in total. The van der Waals surface area contributed by atoms with Gasteiger partial charge in [-0.05, 0) is 37.5 Å². The first kappa shape index (κ1) is 25.3. The van der Waals surface area contributed by atoms with E-state index in [1.54, 1.807) is 6.08 Å². The molecule has 0 radical (unpaired) electrons. The average Bonchev–Trinajstić information content (AvgIpc) is 2.82. The van der Waals surface area contributed by atoms with Gasteiger partial charge >= 0.3 is 6.09 Å². The number of hydrogen-bond acceptors (Lipinski definition) is 5. The third kappa shape index (κ3) is 9.39. The second-order valence-electron chi connectivity index (χ2n) is 7.48. The quantitative estimate of drug-likeness (QED) is 0.358. The zero-order valence-corrected chi connectivity index (χ0v) is 18.7. The molecule has 0 aliphatic heterocycles. The van der Waals surface area contributed by atoms with Gasteiger partial charge < -0.3 is 20.7 Å². The summed E-state index contributed by atoms with van der Waals surface area (Å²) in [5.41, 5.74) is 1.81. The fourth-order valence-electron chi connectivity index (χ4n) is 2.93. The van der Waals surface area contributed by atoms with Crippen molar-refractivity contribution in [2.45, 2.75) is 45.0 Å². The van der Waals surface area contributed by atoms with Gasteiger partial charge in [-0.15, -0.1) is 0 Å². The molecule has 2 rings (SSSR count). The molecule has 0 fully saturated rings. The Bertz CT molecular complexity index is 947. The second-order valence-corrected chi connectivity index (χ2v) is 7.48. The zero-order valence-electron chi connectivity index (χ0n) is 18.7. The van der Waals surface area contributed by atoms with Crippen LogP contribution in [0.3, 0.4) is 0 Å². The minimum absolute atomic E-state index is 0.0803. The molecule has 174 valence electrons. The lowest BCUT2D eigenvalue weighted by atomic mass is 10.1. The van der Waals surface area contributed by atoms with E-state index in [2.05, 4.69) is 16.0 Å². The molecule has 0 heterocycles. The summed E-state index contributed by atoms with van der Waals surface area (Å²) in [6, 6.07) is 16.5. The lowest BCUT2D eigenvalue weighted by molar-refractivity contribution is -0.129. The summed E-state index contributed by atoms with van der Waals surface area (Å²) in [5, 5.41) is 7.82. The van der Waals surface area contributed by atoms with Gasteiger partial charge in [-0.3, -0.25) is 14.4 Å². The molecular weight excluding hydrogens is 422 g/mol. The molecule has 0 unspecified atom stereocenters. The standard InChI is InChI=1S/C25H29N3O5/c1-18(24(31)28-22(14-9-15-29)16-20-10-5-3-6-11-20)26-23(30)19(2)27-25(32)33-17-21-12-7-4-8-13-21/h3-15,18-19,22H,16-17H2,1-2H3,(H,26,30)(H,27,32)(H,28,31)/t18-,19-,22+/m0/s1.